The molecule has 2 aliphatic rings. The van der Waals surface area contributed by atoms with Crippen molar-refractivity contribution in [2.75, 3.05) is 33.9 Å². The van der Waals surface area contributed by atoms with E-state index in [1.165, 1.54) is 5.56 Å². The Hall–Kier alpha value is -4.89. The van der Waals surface area contributed by atoms with E-state index in [4.69, 9.17) is 0 Å². The van der Waals surface area contributed by atoms with Crippen molar-refractivity contribution in [2.45, 2.75) is 46.6 Å². The van der Waals surface area contributed by atoms with E-state index in [1.807, 2.05) is 31.2 Å². The van der Waals surface area contributed by atoms with Crippen LogP contribution in [0.15, 0.2) is 73.1 Å². The second-order valence-electron chi connectivity index (χ2n) is 12.8. The number of hydrogen-bond donors (Lipinski definition) is 2. The van der Waals surface area contributed by atoms with Crippen molar-refractivity contribution >= 4 is 51.9 Å². The van der Waals surface area contributed by atoms with E-state index in [1.54, 1.807) is 18.3 Å². The van der Waals surface area contributed by atoms with Crippen LogP contribution in [0.3, 0.4) is 0 Å². The lowest BCUT2D eigenvalue weighted by Crippen LogP contribution is -2.38. The number of aliphatic carboxylic acids is 1. The summed E-state index contributed by atoms with van der Waals surface area (Å²) >= 11 is 1.64. The number of benzene rings is 4. The van der Waals surface area contributed by atoms with E-state index in [0.717, 1.165) is 98.5 Å². The van der Waals surface area contributed by atoms with Crippen LogP contribution in [0.1, 0.15) is 40.7 Å². The van der Waals surface area contributed by atoms with Gasteiger partial charge in [0.05, 0.1) is 24.2 Å². The highest BCUT2D eigenvalue weighted by Gasteiger charge is 2.31. The Kier molecular flexibility index (Phi) is 8.56. The summed E-state index contributed by atoms with van der Waals surface area (Å²) in [5.74, 6) is 0.0162. The molecular weight excluding hydrogens is 619 g/mol. The predicted octanol–water partition coefficient (Wildman–Crippen LogP) is 7.97. The SMILES string of the molecule is CSN1Cc2ccc(NC(=O)C3CCN(c4ncnc5ccccc45)CC3)cc2-c2c(C)c(-c3ccc(C)cc3)c(CC(=O)O)c(C)c21. The quantitative estimate of drug-likeness (QED) is 0.170. The van der Waals surface area contributed by atoms with Crippen molar-refractivity contribution in [3.05, 3.63) is 101 Å². The minimum absolute atomic E-state index is 0.0361. The van der Waals surface area contributed by atoms with Gasteiger partial charge in [0.1, 0.15) is 12.1 Å². The van der Waals surface area contributed by atoms with E-state index < -0.39 is 5.97 Å². The Morgan fingerprint density at radius 3 is 2.42 bits per heavy atom. The number of fused-ring (bicyclic) bond motifs is 4. The molecule has 0 radical (unpaired) electrons. The Labute approximate surface area is 285 Å². The number of carbonyl (C=O) groups is 2. The van der Waals surface area contributed by atoms with Crippen molar-refractivity contribution < 1.29 is 14.7 Å². The minimum Gasteiger partial charge on any atom is -0.481 e. The normalized spacial score (nSPS) is 14.5. The lowest BCUT2D eigenvalue weighted by atomic mass is 9.81. The molecule has 1 aromatic heterocycles. The van der Waals surface area contributed by atoms with Gasteiger partial charge in [-0.25, -0.2) is 9.97 Å². The molecule has 0 unspecified atom stereocenters. The second kappa shape index (κ2) is 13.0. The Morgan fingerprint density at radius 2 is 1.69 bits per heavy atom. The van der Waals surface area contributed by atoms with Gasteiger partial charge in [-0.15, -0.1) is 0 Å². The molecule has 3 heterocycles. The number of anilines is 3. The number of amides is 1. The molecule has 2 N–H and O–H groups in total. The molecule has 9 heteroatoms. The average Bonchev–Trinajstić information content (AvgIpc) is 3.10. The van der Waals surface area contributed by atoms with Gasteiger partial charge in [-0.3, -0.25) is 9.59 Å². The molecule has 8 nitrogen and oxygen atoms in total. The third-order valence-corrected chi connectivity index (χ3v) is 10.6. The summed E-state index contributed by atoms with van der Waals surface area (Å²) < 4.78 is 2.26. The molecule has 1 saturated heterocycles. The number of nitrogens with zero attached hydrogens (tertiary/aromatic N) is 4. The van der Waals surface area contributed by atoms with E-state index in [-0.39, 0.29) is 18.2 Å². The average molecular weight is 658 g/mol. The van der Waals surface area contributed by atoms with Gasteiger partial charge in [0.25, 0.3) is 0 Å². The first-order valence-corrected chi connectivity index (χ1v) is 17.6. The Balaban J connectivity index is 1.19. The van der Waals surface area contributed by atoms with Crippen LogP contribution in [0.25, 0.3) is 33.2 Å². The Morgan fingerprint density at radius 1 is 0.938 bits per heavy atom. The number of carboxylic acid groups (broad SMARTS) is 1. The first kappa shape index (κ1) is 31.7. The van der Waals surface area contributed by atoms with Crippen molar-refractivity contribution in [3.63, 3.8) is 0 Å². The summed E-state index contributed by atoms with van der Waals surface area (Å²) in [6, 6.07) is 22.6. The number of hydrogen-bond acceptors (Lipinski definition) is 7. The molecule has 5 aromatic rings. The Bertz CT molecular complexity index is 2050. The van der Waals surface area contributed by atoms with Gasteiger partial charge in [-0.2, -0.15) is 0 Å². The summed E-state index contributed by atoms with van der Waals surface area (Å²) in [4.78, 5) is 37.0. The number of rotatable bonds is 7. The molecular formula is C39H39N5O3S. The number of carbonyl (C=O) groups excluding carboxylic acids is 1. The maximum absolute atomic E-state index is 13.6. The lowest BCUT2D eigenvalue weighted by Gasteiger charge is -2.36. The zero-order valence-electron chi connectivity index (χ0n) is 27.7. The molecule has 48 heavy (non-hydrogen) atoms. The van der Waals surface area contributed by atoms with Crippen LogP contribution >= 0.6 is 11.9 Å². The van der Waals surface area contributed by atoms with Gasteiger partial charge in [-0.05, 0) is 96.8 Å². The number of aromatic nitrogens is 2. The number of aryl methyl sites for hydroxylation is 1. The predicted molar refractivity (Wildman–Crippen MR) is 196 cm³/mol. The number of carboxylic acids is 1. The van der Waals surface area contributed by atoms with Crippen LogP contribution in [-0.2, 0) is 22.6 Å². The van der Waals surface area contributed by atoms with Gasteiger partial charge in [0.2, 0.25) is 5.91 Å². The molecule has 244 valence electrons. The fourth-order valence-corrected chi connectivity index (χ4v) is 8.11. The third kappa shape index (κ3) is 5.76. The molecule has 0 bridgehead atoms. The van der Waals surface area contributed by atoms with Crippen molar-refractivity contribution in [1.82, 2.24) is 9.97 Å². The summed E-state index contributed by atoms with van der Waals surface area (Å²) in [6.07, 6.45) is 5.10. The first-order chi connectivity index (χ1) is 23.2. The minimum atomic E-state index is -0.848. The van der Waals surface area contributed by atoms with Crippen LogP contribution < -0.4 is 14.5 Å². The molecule has 2 aliphatic heterocycles. The first-order valence-electron chi connectivity index (χ1n) is 16.4. The highest BCUT2D eigenvalue weighted by molar-refractivity contribution is 7.99. The van der Waals surface area contributed by atoms with Crippen molar-refractivity contribution in [2.24, 2.45) is 5.92 Å². The van der Waals surface area contributed by atoms with Crippen LogP contribution in [0.5, 0.6) is 0 Å². The highest BCUT2D eigenvalue weighted by atomic mass is 32.2. The summed E-state index contributed by atoms with van der Waals surface area (Å²) in [5.41, 5.74) is 12.1. The van der Waals surface area contributed by atoms with E-state index in [9.17, 15) is 14.7 Å². The maximum atomic E-state index is 13.6. The van der Waals surface area contributed by atoms with Crippen molar-refractivity contribution in [1.29, 1.82) is 0 Å². The summed E-state index contributed by atoms with van der Waals surface area (Å²) in [7, 11) is 0. The number of nitrogens with one attached hydrogen (secondary N) is 1. The maximum Gasteiger partial charge on any atom is 0.307 e. The molecule has 1 amide bonds. The fraction of sp³-hybridized carbons (Fsp3) is 0.282. The van der Waals surface area contributed by atoms with Crippen LogP contribution in [-0.4, -0.2) is 46.3 Å². The monoisotopic (exact) mass is 657 g/mol. The van der Waals surface area contributed by atoms with Crippen LogP contribution in [0, 0.1) is 26.7 Å². The van der Waals surface area contributed by atoms with E-state index in [2.05, 4.69) is 87.1 Å². The smallest absolute Gasteiger partial charge is 0.307 e. The summed E-state index contributed by atoms with van der Waals surface area (Å²) in [6.45, 7) is 8.39. The van der Waals surface area contributed by atoms with Gasteiger partial charge in [0, 0.05) is 41.9 Å². The molecule has 4 aromatic carbocycles. The fourth-order valence-electron chi connectivity index (χ4n) is 7.43. The summed E-state index contributed by atoms with van der Waals surface area (Å²) in [5, 5.41) is 14.2. The zero-order valence-corrected chi connectivity index (χ0v) is 28.5. The second-order valence-corrected chi connectivity index (χ2v) is 13.6. The molecule has 0 atom stereocenters. The van der Waals surface area contributed by atoms with Gasteiger partial charge >= 0.3 is 5.97 Å². The number of piperidine rings is 1. The molecule has 0 spiro atoms. The van der Waals surface area contributed by atoms with Crippen molar-refractivity contribution in [3.8, 4) is 22.3 Å². The topological polar surface area (TPSA) is 98.7 Å². The molecule has 0 saturated carbocycles. The standard InChI is InChI=1S/C39H39N5O3S/c1-23-9-11-26(12-10-23)35-25(3)36-32-19-29(14-13-28(32)21-44(48-4)37(36)24(2)31(35)20-34(45)46)42-39(47)27-15-17-43(18-16-27)38-30-7-5-6-8-33(30)40-22-41-38/h5-14,19,22,27H,15-18,20-21H2,1-4H3,(H,42,47)(H,45,46). The molecule has 0 aliphatic carbocycles. The van der Waals surface area contributed by atoms with Crippen LogP contribution in [0.2, 0.25) is 0 Å². The largest absolute Gasteiger partial charge is 0.481 e. The zero-order chi connectivity index (χ0) is 33.5. The number of para-hydroxylation sites is 1. The molecule has 1 fully saturated rings. The lowest BCUT2D eigenvalue weighted by molar-refractivity contribution is -0.136. The van der Waals surface area contributed by atoms with E-state index >= 15 is 0 Å². The third-order valence-electron chi connectivity index (χ3n) is 9.88. The van der Waals surface area contributed by atoms with Gasteiger partial charge < -0.3 is 19.6 Å². The van der Waals surface area contributed by atoms with Crippen LogP contribution in [0.4, 0.5) is 17.2 Å². The molecule has 7 rings (SSSR count). The highest BCUT2D eigenvalue weighted by Crippen LogP contribution is 2.50. The van der Waals surface area contributed by atoms with Gasteiger partial charge in [-0.1, -0.05) is 60.0 Å². The van der Waals surface area contributed by atoms with E-state index in [0.29, 0.717) is 6.54 Å². The van der Waals surface area contributed by atoms with Gasteiger partial charge in [0.15, 0.2) is 0 Å².